The van der Waals surface area contributed by atoms with E-state index in [0.29, 0.717) is 17.7 Å². The van der Waals surface area contributed by atoms with E-state index in [1.165, 1.54) is 25.3 Å². The fraction of sp³-hybridized carbons (Fsp3) is 0.500. The highest BCUT2D eigenvalue weighted by Crippen LogP contribution is 2.29. The summed E-state index contributed by atoms with van der Waals surface area (Å²) in [6, 6.07) is 4.47. The van der Waals surface area contributed by atoms with E-state index in [9.17, 15) is 4.39 Å². The van der Waals surface area contributed by atoms with Crippen molar-refractivity contribution in [2.24, 2.45) is 16.8 Å². The highest BCUT2D eigenvalue weighted by Gasteiger charge is 2.16. The predicted molar refractivity (Wildman–Crippen MR) is 70.5 cm³/mol. The molecule has 1 aromatic rings. The molecule has 0 spiro atoms. The van der Waals surface area contributed by atoms with Crippen LogP contribution in [0.5, 0.6) is 0 Å². The zero-order valence-electron chi connectivity index (χ0n) is 10.8. The lowest BCUT2D eigenvalue weighted by Gasteiger charge is -2.24. The predicted octanol–water partition coefficient (Wildman–Crippen LogP) is 2.63. The van der Waals surface area contributed by atoms with Crippen LogP contribution in [0, 0.1) is 11.7 Å². The molecule has 1 aliphatic rings. The Labute approximate surface area is 112 Å². The van der Waals surface area contributed by atoms with Crippen LogP contribution < -0.4 is 5.73 Å². The van der Waals surface area contributed by atoms with Gasteiger partial charge in [0.25, 0.3) is 0 Å². The van der Waals surface area contributed by atoms with E-state index >= 15 is 0 Å². The van der Waals surface area contributed by atoms with Crippen LogP contribution in [0.3, 0.4) is 0 Å². The molecule has 1 aliphatic carbocycles. The molecule has 0 aliphatic heterocycles. The molecule has 1 aromatic carbocycles. The number of nitrogens with zero attached hydrogens (tertiary/aromatic N) is 1. The summed E-state index contributed by atoms with van der Waals surface area (Å²) in [5.74, 6) is 0.303. The van der Waals surface area contributed by atoms with Crippen LogP contribution in [-0.4, -0.2) is 17.6 Å². The number of amidine groups is 1. The third-order valence-electron chi connectivity index (χ3n) is 3.61. The number of ether oxygens (including phenoxy) is 1. The van der Waals surface area contributed by atoms with Gasteiger partial charge < -0.3 is 15.7 Å². The van der Waals surface area contributed by atoms with Gasteiger partial charge in [0.2, 0.25) is 0 Å². The molecule has 0 heterocycles. The van der Waals surface area contributed by atoms with Gasteiger partial charge in [-0.3, -0.25) is 0 Å². The molecule has 0 amide bonds. The molecule has 19 heavy (non-hydrogen) atoms. The highest BCUT2D eigenvalue weighted by atomic mass is 19.1. The normalized spacial score (nSPS) is 16.4. The summed E-state index contributed by atoms with van der Waals surface area (Å²) in [6.07, 6.45) is 4.98. The topological polar surface area (TPSA) is 67.8 Å². The minimum atomic E-state index is -0.396. The van der Waals surface area contributed by atoms with Crippen LogP contribution in [0.4, 0.5) is 4.39 Å². The first-order valence-corrected chi connectivity index (χ1v) is 6.54. The van der Waals surface area contributed by atoms with E-state index in [2.05, 4.69) is 5.16 Å². The molecular formula is C14H19FN2O2. The Hall–Kier alpha value is -1.62. The van der Waals surface area contributed by atoms with Crippen molar-refractivity contribution in [1.82, 2.24) is 0 Å². The van der Waals surface area contributed by atoms with E-state index in [0.717, 1.165) is 12.3 Å². The average molecular weight is 266 g/mol. The number of nitrogens with two attached hydrogens (primary N) is 1. The van der Waals surface area contributed by atoms with Crippen molar-refractivity contribution in [3.8, 4) is 0 Å². The third kappa shape index (κ3) is 3.67. The first kappa shape index (κ1) is 13.8. The van der Waals surface area contributed by atoms with E-state index in [1.807, 2.05) is 0 Å². The van der Waals surface area contributed by atoms with E-state index < -0.39 is 5.82 Å². The van der Waals surface area contributed by atoms with Crippen molar-refractivity contribution in [2.45, 2.75) is 32.3 Å². The maximum Gasteiger partial charge on any atom is 0.170 e. The quantitative estimate of drug-likeness (QED) is 0.273. The van der Waals surface area contributed by atoms with Crippen LogP contribution >= 0.6 is 0 Å². The van der Waals surface area contributed by atoms with Gasteiger partial charge in [-0.15, -0.1) is 0 Å². The largest absolute Gasteiger partial charge is 0.409 e. The fourth-order valence-electron chi connectivity index (χ4n) is 2.10. The first-order valence-electron chi connectivity index (χ1n) is 6.54. The second-order valence-electron chi connectivity index (χ2n) is 4.93. The molecule has 0 aromatic heterocycles. The van der Waals surface area contributed by atoms with Gasteiger partial charge in [0.05, 0.1) is 6.61 Å². The van der Waals surface area contributed by atoms with Crippen molar-refractivity contribution in [3.05, 3.63) is 35.1 Å². The van der Waals surface area contributed by atoms with Crippen molar-refractivity contribution >= 4 is 5.84 Å². The fourth-order valence-corrected chi connectivity index (χ4v) is 2.10. The zero-order valence-corrected chi connectivity index (χ0v) is 10.8. The van der Waals surface area contributed by atoms with Gasteiger partial charge in [-0.05, 0) is 18.4 Å². The lowest BCUT2D eigenvalue weighted by Crippen LogP contribution is -2.14. The molecule has 3 N–H and O–H groups in total. The second kappa shape index (κ2) is 6.52. The average Bonchev–Trinajstić information content (AvgIpc) is 2.37. The van der Waals surface area contributed by atoms with E-state index in [1.54, 1.807) is 12.1 Å². The summed E-state index contributed by atoms with van der Waals surface area (Å²) < 4.78 is 19.2. The van der Waals surface area contributed by atoms with Crippen molar-refractivity contribution in [3.63, 3.8) is 0 Å². The minimum absolute atomic E-state index is 0.101. The van der Waals surface area contributed by atoms with Crippen LogP contribution in [0.25, 0.3) is 0 Å². The Balaban J connectivity index is 1.82. The van der Waals surface area contributed by atoms with Gasteiger partial charge in [-0.1, -0.05) is 36.6 Å². The van der Waals surface area contributed by atoms with E-state index in [4.69, 9.17) is 15.7 Å². The smallest absolute Gasteiger partial charge is 0.170 e. The summed E-state index contributed by atoms with van der Waals surface area (Å²) in [7, 11) is 0. The van der Waals surface area contributed by atoms with Gasteiger partial charge >= 0.3 is 0 Å². The summed E-state index contributed by atoms with van der Waals surface area (Å²) in [5, 5.41) is 11.4. The molecule has 5 heteroatoms. The van der Waals surface area contributed by atoms with Crippen LogP contribution in [-0.2, 0) is 11.3 Å². The number of rotatable bonds is 6. The van der Waals surface area contributed by atoms with Crippen LogP contribution in [0.15, 0.2) is 23.4 Å². The summed E-state index contributed by atoms with van der Waals surface area (Å²) >= 11 is 0. The number of benzene rings is 1. The molecule has 0 bridgehead atoms. The van der Waals surface area contributed by atoms with Gasteiger partial charge in [-0.25, -0.2) is 4.39 Å². The zero-order chi connectivity index (χ0) is 13.7. The van der Waals surface area contributed by atoms with Crippen molar-refractivity contribution < 1.29 is 14.3 Å². The monoisotopic (exact) mass is 266 g/mol. The summed E-state index contributed by atoms with van der Waals surface area (Å²) in [6.45, 7) is 0.932. The molecule has 1 fully saturated rings. The highest BCUT2D eigenvalue weighted by molar-refractivity contribution is 5.97. The molecule has 0 radical (unpaired) electrons. The maximum absolute atomic E-state index is 13.7. The van der Waals surface area contributed by atoms with Gasteiger partial charge in [0.15, 0.2) is 5.84 Å². The molecule has 0 atom stereocenters. The Kier molecular flexibility index (Phi) is 4.74. The second-order valence-corrected chi connectivity index (χ2v) is 4.93. The Morgan fingerprint density at radius 1 is 1.47 bits per heavy atom. The molecule has 0 unspecified atom stereocenters. The molecule has 0 saturated heterocycles. The van der Waals surface area contributed by atoms with Crippen LogP contribution in [0.2, 0.25) is 0 Å². The van der Waals surface area contributed by atoms with Crippen molar-refractivity contribution in [2.75, 3.05) is 6.61 Å². The number of halogens is 1. The first-order chi connectivity index (χ1) is 9.20. The molecular weight excluding hydrogens is 247 g/mol. The van der Waals surface area contributed by atoms with Crippen molar-refractivity contribution in [1.29, 1.82) is 0 Å². The summed E-state index contributed by atoms with van der Waals surface area (Å²) in [4.78, 5) is 0. The molecule has 2 rings (SSSR count). The minimum Gasteiger partial charge on any atom is -0.409 e. The standard InChI is InChI=1S/C14H19FN2O2/c15-13-8-11(14(16)17-18)4-5-12(13)9-19-7-6-10-2-1-3-10/h4-5,8,10,18H,1-3,6-7,9H2,(H2,16,17). The van der Waals surface area contributed by atoms with E-state index in [-0.39, 0.29) is 12.4 Å². The number of hydrogen-bond acceptors (Lipinski definition) is 3. The number of hydrogen-bond donors (Lipinski definition) is 2. The Bertz CT molecular complexity index is 459. The van der Waals surface area contributed by atoms with Gasteiger partial charge in [0.1, 0.15) is 5.82 Å². The molecule has 4 nitrogen and oxygen atoms in total. The Morgan fingerprint density at radius 2 is 2.26 bits per heavy atom. The van der Waals surface area contributed by atoms with Gasteiger partial charge in [-0.2, -0.15) is 0 Å². The third-order valence-corrected chi connectivity index (χ3v) is 3.61. The molecule has 104 valence electrons. The lowest BCUT2D eigenvalue weighted by atomic mass is 9.83. The van der Waals surface area contributed by atoms with Crippen LogP contribution in [0.1, 0.15) is 36.8 Å². The SMILES string of the molecule is N/C(=N/O)c1ccc(COCCC2CCC2)c(F)c1. The Morgan fingerprint density at radius 3 is 2.84 bits per heavy atom. The van der Waals surface area contributed by atoms with Gasteiger partial charge in [0, 0.05) is 17.7 Å². The summed E-state index contributed by atoms with van der Waals surface area (Å²) in [5.41, 5.74) is 6.24. The lowest BCUT2D eigenvalue weighted by molar-refractivity contribution is 0.0932. The maximum atomic E-state index is 13.7. The molecule has 1 saturated carbocycles. The number of oxime groups is 1.